The lowest BCUT2D eigenvalue weighted by Gasteiger charge is -2.10. The Morgan fingerprint density at radius 2 is 2.11 bits per heavy atom. The summed E-state index contributed by atoms with van der Waals surface area (Å²) in [6, 6.07) is 8.19. The van der Waals surface area contributed by atoms with Crippen LogP contribution >= 0.6 is 22.6 Å². The summed E-state index contributed by atoms with van der Waals surface area (Å²) in [6.07, 6.45) is 5.11. The van der Waals surface area contributed by atoms with Gasteiger partial charge >= 0.3 is 0 Å². The van der Waals surface area contributed by atoms with Crippen LogP contribution in [0, 0.1) is 3.57 Å². The third kappa shape index (κ3) is 6.10. The van der Waals surface area contributed by atoms with Crippen LogP contribution < -0.4 is 10.1 Å². The van der Waals surface area contributed by atoms with Crippen molar-refractivity contribution in [2.45, 2.75) is 31.8 Å². The number of rotatable bonds is 8. The molecular formula is C15H22INO2. The van der Waals surface area contributed by atoms with E-state index in [1.165, 1.54) is 16.4 Å². The molecule has 1 aromatic carbocycles. The van der Waals surface area contributed by atoms with Gasteiger partial charge in [-0.3, -0.25) is 0 Å². The number of benzene rings is 1. The second-order valence-electron chi connectivity index (χ2n) is 4.85. The Kier molecular flexibility index (Phi) is 6.95. The first-order valence-corrected chi connectivity index (χ1v) is 8.13. The number of ether oxygens (including phenoxy) is 2. The lowest BCUT2D eigenvalue weighted by molar-refractivity contribution is 0.110. The number of halogens is 1. The number of hydrogen-bond donors (Lipinski definition) is 1. The summed E-state index contributed by atoms with van der Waals surface area (Å²) in [4.78, 5) is 0. The van der Waals surface area contributed by atoms with Gasteiger partial charge in [-0.1, -0.05) is 0 Å². The average Bonchev–Trinajstić information content (AvgIpc) is 2.93. The van der Waals surface area contributed by atoms with Crippen LogP contribution in [0.15, 0.2) is 24.3 Å². The van der Waals surface area contributed by atoms with E-state index in [1.54, 1.807) is 0 Å². The summed E-state index contributed by atoms with van der Waals surface area (Å²) in [5.74, 6) is 0.965. The minimum Gasteiger partial charge on any atom is -0.494 e. The predicted octanol–water partition coefficient (Wildman–Crippen LogP) is 3.22. The first-order chi connectivity index (χ1) is 9.34. The van der Waals surface area contributed by atoms with Crippen molar-refractivity contribution < 1.29 is 9.47 Å². The number of hydrogen-bond acceptors (Lipinski definition) is 3. The van der Waals surface area contributed by atoms with Crippen molar-refractivity contribution in [3.8, 4) is 5.75 Å². The molecule has 1 unspecified atom stereocenters. The van der Waals surface area contributed by atoms with Crippen molar-refractivity contribution >= 4 is 22.6 Å². The van der Waals surface area contributed by atoms with Gasteiger partial charge in [-0.15, -0.1) is 0 Å². The van der Waals surface area contributed by atoms with Crippen molar-refractivity contribution in [1.29, 1.82) is 0 Å². The lowest BCUT2D eigenvalue weighted by Crippen LogP contribution is -2.27. The summed E-state index contributed by atoms with van der Waals surface area (Å²) < 4.78 is 12.5. The molecule has 0 radical (unpaired) electrons. The molecule has 1 heterocycles. The first-order valence-electron chi connectivity index (χ1n) is 7.05. The summed E-state index contributed by atoms with van der Waals surface area (Å²) in [7, 11) is 0. The van der Waals surface area contributed by atoms with Crippen LogP contribution in [0.2, 0.25) is 0 Å². The van der Waals surface area contributed by atoms with Gasteiger partial charge in [0.15, 0.2) is 0 Å². The van der Waals surface area contributed by atoms with E-state index in [2.05, 4.69) is 40.0 Å². The fourth-order valence-electron chi connectivity index (χ4n) is 2.14. The topological polar surface area (TPSA) is 30.5 Å². The number of unbranched alkanes of at least 4 members (excludes halogenated alkanes) is 1. The Morgan fingerprint density at radius 3 is 2.84 bits per heavy atom. The van der Waals surface area contributed by atoms with Crippen LogP contribution in [0.5, 0.6) is 5.75 Å². The van der Waals surface area contributed by atoms with Crippen LogP contribution in [-0.4, -0.2) is 32.4 Å². The molecule has 1 aromatic rings. The van der Waals surface area contributed by atoms with Crippen LogP contribution in [-0.2, 0) is 4.74 Å². The molecule has 0 bridgehead atoms. The Bertz CT molecular complexity index is 350. The first kappa shape index (κ1) is 15.1. The van der Waals surface area contributed by atoms with E-state index < -0.39 is 0 Å². The van der Waals surface area contributed by atoms with E-state index in [4.69, 9.17) is 9.47 Å². The summed E-state index contributed by atoms with van der Waals surface area (Å²) >= 11 is 2.30. The molecular weight excluding hydrogens is 353 g/mol. The largest absolute Gasteiger partial charge is 0.494 e. The molecule has 1 N–H and O–H groups in total. The smallest absolute Gasteiger partial charge is 0.119 e. The van der Waals surface area contributed by atoms with Crippen molar-refractivity contribution in [3.63, 3.8) is 0 Å². The molecule has 0 saturated carbocycles. The van der Waals surface area contributed by atoms with Gasteiger partial charge in [0.25, 0.3) is 0 Å². The van der Waals surface area contributed by atoms with Crippen molar-refractivity contribution in [3.05, 3.63) is 27.8 Å². The molecule has 19 heavy (non-hydrogen) atoms. The van der Waals surface area contributed by atoms with Gasteiger partial charge < -0.3 is 14.8 Å². The highest BCUT2D eigenvalue weighted by molar-refractivity contribution is 14.1. The van der Waals surface area contributed by atoms with Crippen molar-refractivity contribution in [2.75, 3.05) is 26.3 Å². The second-order valence-corrected chi connectivity index (χ2v) is 6.09. The predicted molar refractivity (Wildman–Crippen MR) is 85.7 cm³/mol. The highest BCUT2D eigenvalue weighted by atomic mass is 127. The minimum atomic E-state index is 0.447. The Morgan fingerprint density at radius 1 is 1.26 bits per heavy atom. The van der Waals surface area contributed by atoms with Crippen LogP contribution in [0.1, 0.15) is 25.7 Å². The Labute approximate surface area is 129 Å². The van der Waals surface area contributed by atoms with E-state index in [1.807, 2.05) is 12.1 Å². The van der Waals surface area contributed by atoms with E-state index in [0.29, 0.717) is 6.10 Å². The maximum Gasteiger partial charge on any atom is 0.119 e. The van der Waals surface area contributed by atoms with Gasteiger partial charge in [0.05, 0.1) is 12.7 Å². The lowest BCUT2D eigenvalue weighted by atomic mass is 10.2. The fraction of sp³-hybridized carbons (Fsp3) is 0.600. The zero-order chi connectivity index (χ0) is 13.3. The fourth-order valence-corrected chi connectivity index (χ4v) is 2.50. The van der Waals surface area contributed by atoms with Crippen LogP contribution in [0.3, 0.4) is 0 Å². The summed E-state index contributed by atoms with van der Waals surface area (Å²) in [6.45, 7) is 3.78. The third-order valence-corrected chi connectivity index (χ3v) is 3.95. The van der Waals surface area contributed by atoms with Gasteiger partial charge in [-0.25, -0.2) is 0 Å². The standard InChI is InChI=1S/C15H22INO2/c16-13-5-7-14(8-6-13)18-10-2-1-9-17-12-15-4-3-11-19-15/h5-8,15,17H,1-4,9-12H2. The molecule has 106 valence electrons. The monoisotopic (exact) mass is 375 g/mol. The molecule has 1 saturated heterocycles. The van der Waals surface area contributed by atoms with Crippen molar-refractivity contribution in [1.82, 2.24) is 5.32 Å². The zero-order valence-corrected chi connectivity index (χ0v) is 13.4. The van der Waals surface area contributed by atoms with E-state index in [9.17, 15) is 0 Å². The van der Waals surface area contributed by atoms with E-state index in [0.717, 1.165) is 44.9 Å². The second kappa shape index (κ2) is 8.76. The van der Waals surface area contributed by atoms with Gasteiger partial charge in [0.2, 0.25) is 0 Å². The molecule has 1 aliphatic heterocycles. The molecule has 0 aliphatic carbocycles. The highest BCUT2D eigenvalue weighted by Gasteiger charge is 2.13. The van der Waals surface area contributed by atoms with Gasteiger partial charge in [-0.05, 0) is 79.1 Å². The maximum atomic E-state index is 5.69. The zero-order valence-electron chi connectivity index (χ0n) is 11.2. The number of nitrogens with one attached hydrogen (secondary N) is 1. The molecule has 3 nitrogen and oxygen atoms in total. The highest BCUT2D eigenvalue weighted by Crippen LogP contribution is 2.13. The van der Waals surface area contributed by atoms with Crippen molar-refractivity contribution in [2.24, 2.45) is 0 Å². The SMILES string of the molecule is Ic1ccc(OCCCCNCC2CCCO2)cc1. The molecule has 0 aromatic heterocycles. The van der Waals surface area contributed by atoms with Crippen LogP contribution in [0.4, 0.5) is 0 Å². The van der Waals surface area contributed by atoms with Crippen LogP contribution in [0.25, 0.3) is 0 Å². The summed E-state index contributed by atoms with van der Waals surface area (Å²) in [5, 5.41) is 3.45. The Hall–Kier alpha value is -0.330. The average molecular weight is 375 g/mol. The maximum absolute atomic E-state index is 5.69. The summed E-state index contributed by atoms with van der Waals surface area (Å²) in [5.41, 5.74) is 0. The van der Waals surface area contributed by atoms with E-state index >= 15 is 0 Å². The molecule has 2 rings (SSSR count). The quantitative estimate of drug-likeness (QED) is 0.559. The van der Waals surface area contributed by atoms with Gasteiger partial charge in [-0.2, -0.15) is 0 Å². The van der Waals surface area contributed by atoms with Gasteiger partial charge in [0, 0.05) is 16.7 Å². The third-order valence-electron chi connectivity index (χ3n) is 3.23. The normalized spacial score (nSPS) is 18.7. The Balaban J connectivity index is 1.44. The molecule has 0 spiro atoms. The molecule has 0 amide bonds. The minimum absolute atomic E-state index is 0.447. The van der Waals surface area contributed by atoms with Gasteiger partial charge in [0.1, 0.15) is 5.75 Å². The molecule has 1 aliphatic rings. The molecule has 1 fully saturated rings. The van der Waals surface area contributed by atoms with E-state index in [-0.39, 0.29) is 0 Å². The molecule has 1 atom stereocenters. The molecule has 4 heteroatoms.